The summed E-state index contributed by atoms with van der Waals surface area (Å²) in [5, 5.41) is 0. The fourth-order valence-corrected chi connectivity index (χ4v) is 2.19. The molecule has 1 atom stereocenters. The number of hydrogen-bond donors (Lipinski definition) is 1. The molecule has 0 aromatic heterocycles. The summed E-state index contributed by atoms with van der Waals surface area (Å²) in [7, 11) is 0. The van der Waals surface area contributed by atoms with Gasteiger partial charge in [-0.05, 0) is 39.5 Å². The molecule has 2 nitrogen and oxygen atoms in total. The minimum absolute atomic E-state index is 0.0221. The van der Waals surface area contributed by atoms with Crippen molar-refractivity contribution in [1.29, 1.82) is 0 Å². The molecule has 1 aliphatic rings. The molecule has 0 saturated carbocycles. The van der Waals surface area contributed by atoms with Crippen molar-refractivity contribution < 1.29 is 4.74 Å². The van der Waals surface area contributed by atoms with Crippen molar-refractivity contribution in [2.45, 2.75) is 38.9 Å². The highest BCUT2D eigenvalue weighted by Crippen LogP contribution is 2.20. The summed E-state index contributed by atoms with van der Waals surface area (Å²) in [6.07, 6.45) is 1.54. The van der Waals surface area contributed by atoms with E-state index in [9.17, 15) is 0 Å². The molecule has 0 radical (unpaired) electrons. The monoisotopic (exact) mass is 203 g/mol. The van der Waals surface area contributed by atoms with E-state index in [0.717, 1.165) is 25.4 Å². The van der Waals surface area contributed by atoms with Crippen LogP contribution >= 0.6 is 12.6 Å². The van der Waals surface area contributed by atoms with Crippen molar-refractivity contribution in [3.05, 3.63) is 0 Å². The Morgan fingerprint density at radius 2 is 2.23 bits per heavy atom. The van der Waals surface area contributed by atoms with Gasteiger partial charge < -0.3 is 4.74 Å². The van der Waals surface area contributed by atoms with Gasteiger partial charge in [-0.25, -0.2) is 0 Å². The maximum absolute atomic E-state index is 5.82. The van der Waals surface area contributed by atoms with E-state index in [1.807, 2.05) is 0 Å². The summed E-state index contributed by atoms with van der Waals surface area (Å²) >= 11 is 4.23. The highest BCUT2D eigenvalue weighted by molar-refractivity contribution is 7.80. The molecule has 0 aliphatic carbocycles. The van der Waals surface area contributed by atoms with E-state index in [1.165, 1.54) is 6.42 Å². The first-order valence-electron chi connectivity index (χ1n) is 5.04. The summed E-state index contributed by atoms with van der Waals surface area (Å²) in [5.74, 6) is 0.978. The molecule has 1 heterocycles. The first-order valence-corrected chi connectivity index (χ1v) is 5.68. The Balaban J connectivity index is 2.38. The van der Waals surface area contributed by atoms with Crippen LogP contribution in [-0.4, -0.2) is 42.0 Å². The molecule has 1 fully saturated rings. The van der Waals surface area contributed by atoms with E-state index < -0.39 is 0 Å². The van der Waals surface area contributed by atoms with Gasteiger partial charge in [-0.2, -0.15) is 12.6 Å². The van der Waals surface area contributed by atoms with Gasteiger partial charge in [0.2, 0.25) is 0 Å². The van der Waals surface area contributed by atoms with E-state index >= 15 is 0 Å². The van der Waals surface area contributed by atoms with Gasteiger partial charge in [0.1, 0.15) is 0 Å². The van der Waals surface area contributed by atoms with Crippen LogP contribution in [0.15, 0.2) is 0 Å². The molecule has 3 heteroatoms. The largest absolute Gasteiger partial charge is 0.370 e. The summed E-state index contributed by atoms with van der Waals surface area (Å²) in [6.45, 7) is 9.74. The van der Waals surface area contributed by atoms with Crippen LogP contribution in [0, 0.1) is 0 Å². The molecule has 1 unspecified atom stereocenters. The molecule has 1 saturated heterocycles. The highest BCUT2D eigenvalue weighted by atomic mass is 32.1. The Morgan fingerprint density at radius 3 is 2.77 bits per heavy atom. The minimum Gasteiger partial charge on any atom is -0.370 e. The van der Waals surface area contributed by atoms with E-state index in [4.69, 9.17) is 4.74 Å². The SMILES string of the molecule is CC1CN(CCCS)CC(C)(C)O1. The van der Waals surface area contributed by atoms with Crippen molar-refractivity contribution in [3.8, 4) is 0 Å². The van der Waals surface area contributed by atoms with Crippen molar-refractivity contribution >= 4 is 12.6 Å². The predicted octanol–water partition coefficient (Wildman–Crippen LogP) is 1.81. The smallest absolute Gasteiger partial charge is 0.0757 e. The van der Waals surface area contributed by atoms with Crippen molar-refractivity contribution in [2.75, 3.05) is 25.4 Å². The second-order valence-electron chi connectivity index (χ2n) is 4.50. The van der Waals surface area contributed by atoms with Crippen molar-refractivity contribution in [3.63, 3.8) is 0 Å². The van der Waals surface area contributed by atoms with Gasteiger partial charge in [0.25, 0.3) is 0 Å². The third-order valence-corrected chi connectivity index (χ3v) is 2.59. The van der Waals surface area contributed by atoms with E-state index in [1.54, 1.807) is 0 Å². The van der Waals surface area contributed by atoms with Crippen molar-refractivity contribution in [1.82, 2.24) is 4.90 Å². The van der Waals surface area contributed by atoms with Gasteiger partial charge in [-0.1, -0.05) is 0 Å². The highest BCUT2D eigenvalue weighted by Gasteiger charge is 2.30. The number of rotatable bonds is 3. The zero-order chi connectivity index (χ0) is 9.90. The molecule has 1 rings (SSSR count). The third-order valence-electron chi connectivity index (χ3n) is 2.27. The Hall–Kier alpha value is 0.270. The van der Waals surface area contributed by atoms with Crippen molar-refractivity contribution in [2.24, 2.45) is 0 Å². The van der Waals surface area contributed by atoms with Gasteiger partial charge in [-0.15, -0.1) is 0 Å². The molecule has 13 heavy (non-hydrogen) atoms. The lowest BCUT2D eigenvalue weighted by molar-refractivity contribution is -0.128. The predicted molar refractivity (Wildman–Crippen MR) is 59.5 cm³/mol. The number of thiol groups is 1. The summed E-state index contributed by atoms with van der Waals surface area (Å²) in [6, 6.07) is 0. The van der Waals surface area contributed by atoms with Gasteiger partial charge in [0.15, 0.2) is 0 Å². The van der Waals surface area contributed by atoms with Crippen LogP contribution < -0.4 is 0 Å². The molecular weight excluding hydrogens is 182 g/mol. The summed E-state index contributed by atoms with van der Waals surface area (Å²) < 4.78 is 5.82. The number of nitrogens with zero attached hydrogens (tertiary/aromatic N) is 1. The summed E-state index contributed by atoms with van der Waals surface area (Å²) in [4.78, 5) is 2.48. The van der Waals surface area contributed by atoms with E-state index in [2.05, 4.69) is 38.3 Å². The zero-order valence-corrected chi connectivity index (χ0v) is 9.81. The Labute approximate surface area is 87.0 Å². The molecular formula is C10H21NOS. The fraction of sp³-hybridized carbons (Fsp3) is 1.00. The molecule has 1 aliphatic heterocycles. The average molecular weight is 203 g/mol. The number of morpholine rings is 1. The molecule has 0 aromatic carbocycles. The van der Waals surface area contributed by atoms with Gasteiger partial charge in [-0.3, -0.25) is 4.90 Å². The topological polar surface area (TPSA) is 12.5 Å². The maximum atomic E-state index is 5.82. The molecule has 78 valence electrons. The van der Waals surface area contributed by atoms with Crippen LogP contribution in [0.3, 0.4) is 0 Å². The quantitative estimate of drug-likeness (QED) is 0.702. The minimum atomic E-state index is 0.0221. The van der Waals surface area contributed by atoms with Gasteiger partial charge >= 0.3 is 0 Å². The zero-order valence-electron chi connectivity index (χ0n) is 8.92. The van der Waals surface area contributed by atoms with Crippen LogP contribution in [0.5, 0.6) is 0 Å². The van der Waals surface area contributed by atoms with Gasteiger partial charge in [0, 0.05) is 13.1 Å². The number of ether oxygens (including phenoxy) is 1. The van der Waals surface area contributed by atoms with Crippen LogP contribution in [0.2, 0.25) is 0 Å². The second kappa shape index (κ2) is 4.67. The van der Waals surface area contributed by atoms with Crippen LogP contribution in [0.1, 0.15) is 27.2 Å². The first-order chi connectivity index (χ1) is 6.03. The Kier molecular flexibility index (Phi) is 4.07. The van der Waals surface area contributed by atoms with E-state index in [0.29, 0.717) is 6.10 Å². The lowest BCUT2D eigenvalue weighted by Crippen LogP contribution is -2.52. The van der Waals surface area contributed by atoms with Gasteiger partial charge in [0.05, 0.1) is 11.7 Å². The molecule has 0 spiro atoms. The number of hydrogen-bond acceptors (Lipinski definition) is 3. The standard InChI is InChI=1S/C10H21NOS/c1-9-7-11(5-4-6-13)8-10(2,3)12-9/h9,13H,4-8H2,1-3H3. The fourth-order valence-electron chi connectivity index (χ4n) is 2.05. The molecule has 0 aromatic rings. The van der Waals surface area contributed by atoms with E-state index in [-0.39, 0.29) is 5.60 Å². The first kappa shape index (κ1) is 11.3. The lowest BCUT2D eigenvalue weighted by atomic mass is 10.1. The third kappa shape index (κ3) is 3.88. The van der Waals surface area contributed by atoms with Crippen LogP contribution in [0.25, 0.3) is 0 Å². The molecule has 0 amide bonds. The average Bonchev–Trinajstić information content (AvgIpc) is 1.97. The lowest BCUT2D eigenvalue weighted by Gasteiger charge is -2.41. The second-order valence-corrected chi connectivity index (χ2v) is 4.95. The molecule has 0 bridgehead atoms. The summed E-state index contributed by atoms with van der Waals surface area (Å²) in [5.41, 5.74) is 0.0221. The molecule has 0 N–H and O–H groups in total. The van der Waals surface area contributed by atoms with Crippen LogP contribution in [0.4, 0.5) is 0 Å². The maximum Gasteiger partial charge on any atom is 0.0757 e. The Bertz CT molecular complexity index is 161. The van der Waals surface area contributed by atoms with Crippen LogP contribution in [-0.2, 0) is 4.74 Å². The Morgan fingerprint density at radius 1 is 1.54 bits per heavy atom. The normalized spacial score (nSPS) is 29.1.